The Kier molecular flexibility index (Phi) is 6.65. The molecule has 0 saturated carbocycles. The highest BCUT2D eigenvalue weighted by Gasteiger charge is 2.47. The van der Waals surface area contributed by atoms with Gasteiger partial charge < -0.3 is 33.9 Å². The molecule has 0 unspecified atom stereocenters. The molecule has 9 nitrogen and oxygen atoms in total. The summed E-state index contributed by atoms with van der Waals surface area (Å²) in [6.45, 7) is 1.62. The maximum Gasteiger partial charge on any atom is 0.295 e. The number of methoxy groups -OCH3 is 2. The molecule has 34 heavy (non-hydrogen) atoms. The topological polar surface area (TPSA) is 97.8 Å². The predicted octanol–water partition coefficient (Wildman–Crippen LogP) is 2.46. The molecule has 180 valence electrons. The smallest absolute Gasteiger partial charge is 0.295 e. The van der Waals surface area contributed by atoms with Gasteiger partial charge in [0.2, 0.25) is 0 Å². The molecule has 1 fully saturated rings. The lowest BCUT2D eigenvalue weighted by atomic mass is 9.94. The van der Waals surface area contributed by atoms with Gasteiger partial charge in [-0.2, -0.15) is 0 Å². The van der Waals surface area contributed by atoms with Gasteiger partial charge in [-0.05, 0) is 38.4 Å². The standard InChI is InChI=1S/C25H28N2O7/c1-26(2)10-11-27-21(16-6-5-7-18(31-3)24(16)32-4)20(23(29)25(27)30)22(28)15-8-9-17-19(14-15)34-13-12-33-17/h5-9,14,21,28H,10-13H2,1-4H3/t21-/m0/s1. The van der Waals surface area contributed by atoms with Gasteiger partial charge in [-0.15, -0.1) is 0 Å². The average Bonchev–Trinajstić information content (AvgIpc) is 3.10. The second-order valence-corrected chi connectivity index (χ2v) is 8.24. The number of hydrogen-bond donors (Lipinski definition) is 1. The minimum absolute atomic E-state index is 0.0213. The highest BCUT2D eigenvalue weighted by Crippen LogP contribution is 2.46. The van der Waals surface area contributed by atoms with Crippen LogP contribution < -0.4 is 18.9 Å². The Morgan fingerprint density at radius 1 is 1.09 bits per heavy atom. The van der Waals surface area contributed by atoms with E-state index in [1.807, 2.05) is 19.0 Å². The van der Waals surface area contributed by atoms with E-state index < -0.39 is 17.7 Å². The van der Waals surface area contributed by atoms with Gasteiger partial charge in [0.25, 0.3) is 11.7 Å². The summed E-state index contributed by atoms with van der Waals surface area (Å²) in [6.07, 6.45) is 0. The molecule has 2 heterocycles. The van der Waals surface area contributed by atoms with Crippen LogP contribution in [0.3, 0.4) is 0 Å². The van der Waals surface area contributed by atoms with Crippen molar-refractivity contribution in [1.82, 2.24) is 9.80 Å². The lowest BCUT2D eigenvalue weighted by Gasteiger charge is -2.28. The number of ether oxygens (including phenoxy) is 4. The number of hydrogen-bond acceptors (Lipinski definition) is 8. The van der Waals surface area contributed by atoms with Crippen LogP contribution in [0.2, 0.25) is 0 Å². The van der Waals surface area contributed by atoms with Crippen molar-refractivity contribution in [2.45, 2.75) is 6.04 Å². The Labute approximate surface area is 198 Å². The number of rotatable bonds is 7. The van der Waals surface area contributed by atoms with Gasteiger partial charge in [0.15, 0.2) is 23.0 Å². The van der Waals surface area contributed by atoms with Crippen LogP contribution in [0.5, 0.6) is 23.0 Å². The number of Topliss-reactive ketones (excluding diaryl/α,β-unsaturated/α-hetero) is 1. The minimum Gasteiger partial charge on any atom is -0.507 e. The van der Waals surface area contributed by atoms with Gasteiger partial charge in [-0.3, -0.25) is 9.59 Å². The quantitative estimate of drug-likeness (QED) is 0.376. The third-order valence-electron chi connectivity index (χ3n) is 5.87. The Hall–Kier alpha value is -3.72. The fourth-order valence-electron chi connectivity index (χ4n) is 4.22. The van der Waals surface area contributed by atoms with E-state index in [1.54, 1.807) is 36.4 Å². The summed E-state index contributed by atoms with van der Waals surface area (Å²) in [5.74, 6) is 0.125. The van der Waals surface area contributed by atoms with E-state index >= 15 is 0 Å². The van der Waals surface area contributed by atoms with Crippen molar-refractivity contribution >= 4 is 17.4 Å². The normalized spacial score (nSPS) is 19.0. The number of amides is 1. The zero-order valence-electron chi connectivity index (χ0n) is 19.7. The van der Waals surface area contributed by atoms with E-state index in [-0.39, 0.29) is 17.9 Å². The number of nitrogens with zero attached hydrogens (tertiary/aromatic N) is 2. The highest BCUT2D eigenvalue weighted by atomic mass is 16.6. The fourth-order valence-corrected chi connectivity index (χ4v) is 4.22. The number of fused-ring (bicyclic) bond motifs is 1. The highest BCUT2D eigenvalue weighted by molar-refractivity contribution is 6.46. The van der Waals surface area contributed by atoms with Crippen molar-refractivity contribution < 1.29 is 33.6 Å². The summed E-state index contributed by atoms with van der Waals surface area (Å²) < 4.78 is 22.2. The molecule has 9 heteroatoms. The molecular formula is C25H28N2O7. The molecule has 4 rings (SSSR count). The number of aliphatic hydroxyl groups excluding tert-OH is 1. The number of aliphatic hydroxyl groups is 1. The summed E-state index contributed by atoms with van der Waals surface area (Å²) in [4.78, 5) is 29.8. The third-order valence-corrected chi connectivity index (χ3v) is 5.87. The van der Waals surface area contributed by atoms with Crippen molar-refractivity contribution in [2.75, 3.05) is 54.6 Å². The summed E-state index contributed by atoms with van der Waals surface area (Å²) >= 11 is 0. The lowest BCUT2D eigenvalue weighted by Crippen LogP contribution is -2.35. The number of carbonyl (C=O) groups is 2. The van der Waals surface area contributed by atoms with Crippen LogP contribution in [0.4, 0.5) is 0 Å². The van der Waals surface area contributed by atoms with E-state index in [1.165, 1.54) is 19.1 Å². The van der Waals surface area contributed by atoms with Crippen molar-refractivity contribution in [3.8, 4) is 23.0 Å². The molecular weight excluding hydrogens is 440 g/mol. The molecule has 0 radical (unpaired) electrons. The molecule has 2 aromatic carbocycles. The summed E-state index contributed by atoms with van der Waals surface area (Å²) in [5, 5.41) is 11.3. The Morgan fingerprint density at radius 2 is 1.82 bits per heavy atom. The monoisotopic (exact) mass is 468 g/mol. The van der Waals surface area contributed by atoms with Crippen LogP contribution in [0.1, 0.15) is 17.2 Å². The van der Waals surface area contributed by atoms with E-state index in [0.29, 0.717) is 53.9 Å². The molecule has 1 N–H and O–H groups in total. The van der Waals surface area contributed by atoms with Crippen LogP contribution in [-0.4, -0.2) is 81.2 Å². The van der Waals surface area contributed by atoms with Gasteiger partial charge >= 0.3 is 0 Å². The van der Waals surface area contributed by atoms with E-state index in [0.717, 1.165) is 0 Å². The van der Waals surface area contributed by atoms with Crippen molar-refractivity contribution in [2.24, 2.45) is 0 Å². The molecule has 0 bridgehead atoms. The minimum atomic E-state index is -0.863. The van der Waals surface area contributed by atoms with Gasteiger partial charge in [0.1, 0.15) is 19.0 Å². The molecule has 0 aromatic heterocycles. The molecule has 1 amide bonds. The molecule has 1 saturated heterocycles. The first kappa shape index (κ1) is 23.4. The first-order valence-electron chi connectivity index (χ1n) is 10.9. The Bertz CT molecular complexity index is 1140. The molecule has 1 atom stereocenters. The zero-order valence-corrected chi connectivity index (χ0v) is 19.7. The number of carbonyl (C=O) groups excluding carboxylic acids is 2. The molecule has 2 aliphatic rings. The lowest BCUT2D eigenvalue weighted by molar-refractivity contribution is -0.140. The van der Waals surface area contributed by atoms with Gasteiger partial charge in [-0.25, -0.2) is 0 Å². The SMILES string of the molecule is COc1cccc([C@H]2C(=C(O)c3ccc4c(c3)OCCO4)C(=O)C(=O)N2CCN(C)C)c1OC. The van der Waals surface area contributed by atoms with Crippen molar-refractivity contribution in [3.05, 3.63) is 53.1 Å². The van der Waals surface area contributed by atoms with E-state index in [2.05, 4.69) is 0 Å². The van der Waals surface area contributed by atoms with Crippen LogP contribution in [0, 0.1) is 0 Å². The van der Waals surface area contributed by atoms with Gasteiger partial charge in [0.05, 0.1) is 25.8 Å². The Balaban J connectivity index is 1.89. The molecule has 2 aliphatic heterocycles. The largest absolute Gasteiger partial charge is 0.507 e. The fraction of sp³-hybridized carbons (Fsp3) is 0.360. The molecule has 0 spiro atoms. The number of ketones is 1. The summed E-state index contributed by atoms with van der Waals surface area (Å²) in [6, 6.07) is 9.30. The number of likely N-dealkylation sites (N-methyl/N-ethyl adjacent to an activating group) is 1. The second-order valence-electron chi connectivity index (χ2n) is 8.24. The zero-order chi connectivity index (χ0) is 24.4. The first-order valence-corrected chi connectivity index (χ1v) is 10.9. The van der Waals surface area contributed by atoms with E-state index in [4.69, 9.17) is 18.9 Å². The number of benzene rings is 2. The van der Waals surface area contributed by atoms with Gasteiger partial charge in [0, 0.05) is 24.2 Å². The molecule has 0 aliphatic carbocycles. The van der Waals surface area contributed by atoms with Crippen LogP contribution >= 0.6 is 0 Å². The average molecular weight is 469 g/mol. The number of para-hydroxylation sites is 1. The number of likely N-dealkylation sites (tertiary alicyclic amines) is 1. The van der Waals surface area contributed by atoms with E-state index in [9.17, 15) is 14.7 Å². The van der Waals surface area contributed by atoms with Gasteiger partial charge in [-0.1, -0.05) is 12.1 Å². The maximum absolute atomic E-state index is 13.3. The second kappa shape index (κ2) is 9.64. The molecule has 2 aromatic rings. The maximum atomic E-state index is 13.3. The van der Waals surface area contributed by atoms with Crippen LogP contribution in [0.15, 0.2) is 42.0 Å². The van der Waals surface area contributed by atoms with Crippen LogP contribution in [-0.2, 0) is 9.59 Å². The first-order chi connectivity index (χ1) is 16.4. The Morgan fingerprint density at radius 3 is 2.50 bits per heavy atom. The summed E-state index contributed by atoms with van der Waals surface area (Å²) in [7, 11) is 6.77. The van der Waals surface area contributed by atoms with Crippen LogP contribution in [0.25, 0.3) is 5.76 Å². The summed E-state index contributed by atoms with van der Waals surface area (Å²) in [5.41, 5.74) is 0.868. The van der Waals surface area contributed by atoms with Crippen molar-refractivity contribution in [3.63, 3.8) is 0 Å². The van der Waals surface area contributed by atoms with Crippen molar-refractivity contribution in [1.29, 1.82) is 0 Å². The predicted molar refractivity (Wildman–Crippen MR) is 125 cm³/mol. The third kappa shape index (κ3) is 4.14.